The molecule has 3 nitrogen and oxygen atoms in total. The van der Waals surface area contributed by atoms with Crippen LogP contribution in [0.1, 0.15) is 43.5 Å². The fourth-order valence-corrected chi connectivity index (χ4v) is 4.10. The van der Waals surface area contributed by atoms with Crippen LogP contribution in [0.3, 0.4) is 0 Å². The van der Waals surface area contributed by atoms with Crippen LogP contribution >= 0.6 is 11.8 Å². The van der Waals surface area contributed by atoms with Crippen molar-refractivity contribution in [3.8, 4) is 0 Å². The van der Waals surface area contributed by atoms with Gasteiger partial charge in [-0.05, 0) is 43.5 Å². The number of benzene rings is 1. The van der Waals surface area contributed by atoms with E-state index in [9.17, 15) is 4.79 Å². The van der Waals surface area contributed by atoms with Crippen LogP contribution in [0.15, 0.2) is 29.2 Å². The zero-order valence-corrected chi connectivity index (χ0v) is 13.7. The average molecular weight is 304 g/mol. The number of rotatable bonds is 3. The van der Waals surface area contributed by atoms with Crippen LogP contribution in [-0.4, -0.2) is 41.2 Å². The highest BCUT2D eigenvalue weighted by Gasteiger charge is 2.31. The molecule has 3 rings (SSSR count). The highest BCUT2D eigenvalue weighted by molar-refractivity contribution is 7.99. The molecule has 2 atom stereocenters. The molecule has 0 aromatic heterocycles. The summed E-state index contributed by atoms with van der Waals surface area (Å²) in [7, 11) is 0. The van der Waals surface area contributed by atoms with Crippen molar-refractivity contribution in [3.05, 3.63) is 29.8 Å². The molecule has 2 unspecified atom stereocenters. The van der Waals surface area contributed by atoms with Crippen molar-refractivity contribution in [1.82, 2.24) is 10.2 Å². The van der Waals surface area contributed by atoms with E-state index in [-0.39, 0.29) is 5.91 Å². The van der Waals surface area contributed by atoms with Crippen LogP contribution in [0.4, 0.5) is 0 Å². The molecule has 1 N–H and O–H groups in total. The molecule has 0 aliphatic carbocycles. The second kappa shape index (κ2) is 6.41. The van der Waals surface area contributed by atoms with E-state index in [1.807, 2.05) is 28.8 Å². The van der Waals surface area contributed by atoms with Gasteiger partial charge in [0.2, 0.25) is 0 Å². The van der Waals surface area contributed by atoms with Gasteiger partial charge in [-0.2, -0.15) is 0 Å². The van der Waals surface area contributed by atoms with Gasteiger partial charge < -0.3 is 10.2 Å². The van der Waals surface area contributed by atoms with Gasteiger partial charge in [-0.25, -0.2) is 0 Å². The fourth-order valence-electron chi connectivity index (χ4n) is 3.26. The molecular formula is C17H24N2OS. The zero-order chi connectivity index (χ0) is 14.8. The quantitative estimate of drug-likeness (QED) is 0.871. The summed E-state index contributed by atoms with van der Waals surface area (Å²) in [6.45, 7) is 6.11. The van der Waals surface area contributed by atoms with Gasteiger partial charge in [-0.1, -0.05) is 13.8 Å². The molecular weight excluding hydrogens is 280 g/mol. The first-order valence-electron chi connectivity index (χ1n) is 7.94. The van der Waals surface area contributed by atoms with Crippen LogP contribution in [0.2, 0.25) is 0 Å². The predicted octanol–water partition coefficient (Wildman–Crippen LogP) is 3.15. The van der Waals surface area contributed by atoms with E-state index in [0.717, 1.165) is 25.1 Å². The molecule has 2 aliphatic rings. The summed E-state index contributed by atoms with van der Waals surface area (Å²) in [6, 6.07) is 9.21. The second-order valence-corrected chi connectivity index (χ2v) is 8.02. The fraction of sp³-hybridized carbons (Fsp3) is 0.588. The summed E-state index contributed by atoms with van der Waals surface area (Å²) in [6.07, 6.45) is 3.57. The molecule has 21 heavy (non-hydrogen) atoms. The molecule has 0 saturated carbocycles. The van der Waals surface area contributed by atoms with Crippen LogP contribution in [0.5, 0.6) is 0 Å². The van der Waals surface area contributed by atoms with E-state index in [1.165, 1.54) is 17.7 Å². The third-order valence-electron chi connectivity index (χ3n) is 4.28. The minimum atomic E-state index is 0.186. The highest BCUT2D eigenvalue weighted by Crippen LogP contribution is 2.24. The first kappa shape index (κ1) is 14.9. The summed E-state index contributed by atoms with van der Waals surface area (Å²) in [5.41, 5.74) is 0.820. The normalized spacial score (nSPS) is 25.2. The molecule has 2 saturated heterocycles. The van der Waals surface area contributed by atoms with Crippen molar-refractivity contribution < 1.29 is 4.79 Å². The Kier molecular flexibility index (Phi) is 4.55. The number of hydrogen-bond acceptors (Lipinski definition) is 3. The smallest absolute Gasteiger partial charge is 0.253 e. The summed E-state index contributed by atoms with van der Waals surface area (Å²) in [5, 5.41) is 4.19. The third kappa shape index (κ3) is 3.61. The van der Waals surface area contributed by atoms with Crippen LogP contribution in [0.25, 0.3) is 0 Å². The summed E-state index contributed by atoms with van der Waals surface area (Å²) in [5.74, 6) is 0.186. The molecule has 1 amide bonds. The minimum Gasteiger partial charge on any atom is -0.337 e. The molecule has 2 bridgehead atoms. The molecule has 1 aromatic rings. The lowest BCUT2D eigenvalue weighted by atomic mass is 10.1. The number of likely N-dealkylation sites (tertiary alicyclic amines) is 1. The first-order valence-corrected chi connectivity index (χ1v) is 8.82. The second-order valence-electron chi connectivity index (χ2n) is 6.37. The lowest BCUT2D eigenvalue weighted by Gasteiger charge is -2.24. The van der Waals surface area contributed by atoms with Crippen LogP contribution in [0, 0.1) is 0 Å². The standard InChI is InChI=1S/C17H24N2OS/c1-12(2)21-16-7-3-13(4-8-16)17(20)19-10-9-14-5-6-15(11-19)18-14/h3-4,7-8,12,14-15,18H,5-6,9-11H2,1-2H3. The van der Waals surface area contributed by atoms with E-state index in [1.54, 1.807) is 0 Å². The van der Waals surface area contributed by atoms with Crippen molar-refractivity contribution >= 4 is 17.7 Å². The van der Waals surface area contributed by atoms with Crippen molar-refractivity contribution in [2.45, 2.75) is 55.3 Å². The predicted molar refractivity (Wildman–Crippen MR) is 87.9 cm³/mol. The van der Waals surface area contributed by atoms with Crippen molar-refractivity contribution in [2.75, 3.05) is 13.1 Å². The molecule has 4 heteroatoms. The van der Waals surface area contributed by atoms with Crippen LogP contribution < -0.4 is 5.32 Å². The Hall–Kier alpha value is -1.00. The van der Waals surface area contributed by atoms with Gasteiger partial charge in [-0.3, -0.25) is 4.79 Å². The Balaban J connectivity index is 1.67. The van der Waals surface area contributed by atoms with Crippen molar-refractivity contribution in [2.24, 2.45) is 0 Å². The van der Waals surface area contributed by atoms with Crippen molar-refractivity contribution in [1.29, 1.82) is 0 Å². The SMILES string of the molecule is CC(C)Sc1ccc(C(=O)N2CCC3CCC(C2)N3)cc1. The number of nitrogens with zero attached hydrogens (tertiary/aromatic N) is 1. The number of nitrogens with one attached hydrogen (secondary N) is 1. The van der Waals surface area contributed by atoms with Gasteiger partial charge in [0.15, 0.2) is 0 Å². The average Bonchev–Trinajstić information content (AvgIpc) is 2.78. The van der Waals surface area contributed by atoms with Gasteiger partial charge >= 0.3 is 0 Å². The van der Waals surface area contributed by atoms with Gasteiger partial charge in [0, 0.05) is 40.9 Å². The zero-order valence-electron chi connectivity index (χ0n) is 12.8. The van der Waals surface area contributed by atoms with E-state index in [4.69, 9.17) is 0 Å². The van der Waals surface area contributed by atoms with Gasteiger partial charge in [0.05, 0.1) is 0 Å². The maximum absolute atomic E-state index is 12.7. The van der Waals surface area contributed by atoms with E-state index in [0.29, 0.717) is 17.3 Å². The number of carbonyl (C=O) groups is 1. The number of hydrogen-bond donors (Lipinski definition) is 1. The van der Waals surface area contributed by atoms with E-state index in [2.05, 4.69) is 31.3 Å². The van der Waals surface area contributed by atoms with Gasteiger partial charge in [0.1, 0.15) is 0 Å². The highest BCUT2D eigenvalue weighted by atomic mass is 32.2. The number of carbonyl (C=O) groups excluding carboxylic acids is 1. The summed E-state index contributed by atoms with van der Waals surface area (Å²) >= 11 is 1.83. The largest absolute Gasteiger partial charge is 0.337 e. The Labute approximate surface area is 131 Å². The van der Waals surface area contributed by atoms with Gasteiger partial charge in [-0.15, -0.1) is 11.8 Å². The maximum Gasteiger partial charge on any atom is 0.253 e. The minimum absolute atomic E-state index is 0.186. The molecule has 114 valence electrons. The van der Waals surface area contributed by atoms with E-state index >= 15 is 0 Å². The molecule has 2 fully saturated rings. The number of thioether (sulfide) groups is 1. The summed E-state index contributed by atoms with van der Waals surface area (Å²) in [4.78, 5) is 15.9. The van der Waals surface area contributed by atoms with E-state index < -0.39 is 0 Å². The third-order valence-corrected chi connectivity index (χ3v) is 5.30. The monoisotopic (exact) mass is 304 g/mol. The molecule has 1 aromatic carbocycles. The lowest BCUT2D eigenvalue weighted by Crippen LogP contribution is -2.39. The lowest BCUT2D eigenvalue weighted by molar-refractivity contribution is 0.0748. The molecule has 0 spiro atoms. The number of fused-ring (bicyclic) bond motifs is 2. The summed E-state index contributed by atoms with van der Waals surface area (Å²) < 4.78 is 0. The maximum atomic E-state index is 12.7. The number of amides is 1. The molecule has 0 radical (unpaired) electrons. The Morgan fingerprint density at radius 2 is 1.90 bits per heavy atom. The Morgan fingerprint density at radius 1 is 1.19 bits per heavy atom. The van der Waals surface area contributed by atoms with Gasteiger partial charge in [0.25, 0.3) is 5.91 Å². The Bertz CT molecular complexity index is 500. The van der Waals surface area contributed by atoms with Crippen LogP contribution in [-0.2, 0) is 0 Å². The van der Waals surface area contributed by atoms with Crippen molar-refractivity contribution in [3.63, 3.8) is 0 Å². The topological polar surface area (TPSA) is 32.3 Å². The molecule has 2 heterocycles. The molecule has 2 aliphatic heterocycles. The Morgan fingerprint density at radius 3 is 2.62 bits per heavy atom. The first-order chi connectivity index (χ1) is 10.1.